The molecule has 9 heteroatoms. The maximum Gasteiger partial charge on any atom is 0.311 e. The molecule has 2 bridgehead atoms. The summed E-state index contributed by atoms with van der Waals surface area (Å²) in [5.41, 5.74) is 1.57. The molecular formula is C33H37ClN2O5S. The number of likely N-dealkylation sites (tertiary alicyclic amines) is 1. The standard InChI is InChI=1S/C33H37ClN2O5S/c1-4-6-19-41-31(40)27-26-29(38)36(25(21-37)20-22-10-8-7-9-11-22)28(33(26)17-16-32(27,3)42-33)30(39)35(18-5-2)24-14-12-23(34)13-15-24/h4-5,7-15,25-28,37H,1-2,6,16-21H2,3H3/t25-,26+,27+,28?,32-,33?/m1/s1. The van der Waals surface area contributed by atoms with Crippen molar-refractivity contribution in [1.82, 2.24) is 4.90 Å². The van der Waals surface area contributed by atoms with Crippen LogP contribution in [0.1, 0.15) is 31.7 Å². The zero-order valence-corrected chi connectivity index (χ0v) is 25.4. The number of carbonyl (C=O) groups excluding carboxylic acids is 3. The Kier molecular flexibility index (Phi) is 8.88. The monoisotopic (exact) mass is 608 g/mol. The lowest BCUT2D eigenvalue weighted by atomic mass is 9.66. The maximum atomic E-state index is 14.8. The molecule has 0 saturated carbocycles. The van der Waals surface area contributed by atoms with Crippen LogP contribution in [0.25, 0.3) is 0 Å². The van der Waals surface area contributed by atoms with Crippen molar-refractivity contribution < 1.29 is 24.2 Å². The van der Waals surface area contributed by atoms with Gasteiger partial charge in [0, 0.05) is 22.0 Å². The number of aliphatic hydroxyl groups excluding tert-OH is 1. The average Bonchev–Trinajstić information content (AvgIpc) is 3.56. The SMILES string of the molecule is C=CCCOC(=O)[C@@H]1[C@H]2C(=O)N([C@@H](CO)Cc3ccccc3)C(C(=O)N(CC=C)c3ccc(Cl)cc3)C23CC[C@@]1(C)S3. The highest BCUT2D eigenvalue weighted by Crippen LogP contribution is 2.71. The van der Waals surface area contributed by atoms with Crippen LogP contribution < -0.4 is 4.90 Å². The number of ether oxygens (including phenoxy) is 1. The van der Waals surface area contributed by atoms with Gasteiger partial charge >= 0.3 is 5.97 Å². The molecule has 2 aromatic rings. The second kappa shape index (κ2) is 12.3. The third-order valence-corrected chi connectivity index (χ3v) is 11.1. The Labute approximate surface area is 256 Å². The summed E-state index contributed by atoms with van der Waals surface area (Å²) < 4.78 is 4.26. The lowest BCUT2D eigenvalue weighted by molar-refractivity contribution is -0.156. The fraction of sp³-hybridized carbons (Fsp3) is 0.424. The zero-order valence-electron chi connectivity index (χ0n) is 23.8. The summed E-state index contributed by atoms with van der Waals surface area (Å²) >= 11 is 7.73. The quantitative estimate of drug-likeness (QED) is 0.206. The van der Waals surface area contributed by atoms with Gasteiger partial charge in [0.05, 0.1) is 35.8 Å². The van der Waals surface area contributed by atoms with E-state index in [9.17, 15) is 19.5 Å². The Morgan fingerprint density at radius 1 is 1.17 bits per heavy atom. The molecule has 3 aliphatic rings. The van der Waals surface area contributed by atoms with Crippen LogP contribution >= 0.6 is 23.4 Å². The Morgan fingerprint density at radius 2 is 1.88 bits per heavy atom. The topological polar surface area (TPSA) is 87.1 Å². The molecule has 2 amide bonds. The number of carbonyl (C=O) groups is 3. The van der Waals surface area contributed by atoms with Gasteiger partial charge in [-0.25, -0.2) is 0 Å². The molecule has 3 saturated heterocycles. The second-order valence-corrected chi connectivity index (χ2v) is 13.8. The highest BCUT2D eigenvalue weighted by atomic mass is 35.5. The number of thioether (sulfide) groups is 1. The van der Waals surface area contributed by atoms with Gasteiger partial charge in [0.15, 0.2) is 0 Å². The van der Waals surface area contributed by atoms with Crippen molar-refractivity contribution in [3.8, 4) is 0 Å². The predicted octanol–water partition coefficient (Wildman–Crippen LogP) is 5.06. The van der Waals surface area contributed by atoms with E-state index >= 15 is 0 Å². The lowest BCUT2D eigenvalue weighted by Crippen LogP contribution is -2.58. The van der Waals surface area contributed by atoms with Crippen molar-refractivity contribution in [3.05, 3.63) is 90.5 Å². The number of halogens is 1. The lowest BCUT2D eigenvalue weighted by Gasteiger charge is -2.39. The second-order valence-electron chi connectivity index (χ2n) is 11.5. The number of nitrogens with zero attached hydrogens (tertiary/aromatic N) is 2. The molecule has 6 atom stereocenters. The average molecular weight is 609 g/mol. The van der Waals surface area contributed by atoms with Crippen molar-refractivity contribution in [1.29, 1.82) is 0 Å². The van der Waals surface area contributed by atoms with Crippen LogP contribution in [0.4, 0.5) is 5.69 Å². The first-order valence-corrected chi connectivity index (χ1v) is 15.5. The number of amides is 2. The van der Waals surface area contributed by atoms with E-state index in [0.29, 0.717) is 36.4 Å². The van der Waals surface area contributed by atoms with Crippen molar-refractivity contribution >= 4 is 46.8 Å². The molecule has 1 N–H and O–H groups in total. The first-order chi connectivity index (χ1) is 20.2. The predicted molar refractivity (Wildman–Crippen MR) is 166 cm³/mol. The van der Waals surface area contributed by atoms with Crippen LogP contribution in [0.5, 0.6) is 0 Å². The van der Waals surface area contributed by atoms with Crippen LogP contribution in [0.3, 0.4) is 0 Å². The summed E-state index contributed by atoms with van der Waals surface area (Å²) in [6, 6.07) is 15.0. The maximum absolute atomic E-state index is 14.8. The number of fused-ring (bicyclic) bond motifs is 1. The summed E-state index contributed by atoms with van der Waals surface area (Å²) in [4.78, 5) is 46.2. The third kappa shape index (κ3) is 5.18. The molecule has 42 heavy (non-hydrogen) atoms. The number of esters is 1. The fourth-order valence-electron chi connectivity index (χ4n) is 7.08. The van der Waals surface area contributed by atoms with Gasteiger partial charge in [0.1, 0.15) is 6.04 Å². The van der Waals surface area contributed by atoms with Crippen LogP contribution in [0, 0.1) is 11.8 Å². The Bertz CT molecular complexity index is 1350. The molecule has 222 valence electrons. The molecule has 0 aliphatic carbocycles. The van der Waals surface area contributed by atoms with E-state index < -0.39 is 39.4 Å². The largest absolute Gasteiger partial charge is 0.465 e. The number of hydrogen-bond acceptors (Lipinski definition) is 6. The van der Waals surface area contributed by atoms with Gasteiger partial charge in [-0.3, -0.25) is 14.4 Å². The highest BCUT2D eigenvalue weighted by molar-refractivity contribution is 8.02. The Morgan fingerprint density at radius 3 is 2.52 bits per heavy atom. The number of hydrogen-bond donors (Lipinski definition) is 1. The van der Waals surface area contributed by atoms with Gasteiger partial charge in [-0.05, 0) is 62.4 Å². The molecule has 3 fully saturated rings. The summed E-state index contributed by atoms with van der Waals surface area (Å²) in [6.07, 6.45) is 5.49. The molecule has 7 nitrogen and oxygen atoms in total. The normalized spacial score (nSPS) is 28.3. The number of rotatable bonds is 12. The van der Waals surface area contributed by atoms with Crippen molar-refractivity contribution in [2.75, 3.05) is 24.7 Å². The minimum Gasteiger partial charge on any atom is -0.465 e. The Hall–Kier alpha value is -3.07. The van der Waals surface area contributed by atoms with E-state index in [1.54, 1.807) is 58.0 Å². The van der Waals surface area contributed by atoms with Crippen LogP contribution in [0.15, 0.2) is 79.9 Å². The van der Waals surface area contributed by atoms with Crippen LogP contribution in [0.2, 0.25) is 5.02 Å². The van der Waals surface area contributed by atoms with E-state index in [4.69, 9.17) is 16.3 Å². The van der Waals surface area contributed by atoms with E-state index in [2.05, 4.69) is 13.2 Å². The summed E-state index contributed by atoms with van der Waals surface area (Å²) in [5.74, 6) is -2.40. The van der Waals surface area contributed by atoms with E-state index in [0.717, 1.165) is 5.56 Å². The first-order valence-electron chi connectivity index (χ1n) is 14.3. The molecular weight excluding hydrogens is 572 g/mol. The fourth-order valence-corrected chi connectivity index (χ4v) is 9.54. The molecule has 2 aromatic carbocycles. The summed E-state index contributed by atoms with van der Waals surface area (Å²) in [7, 11) is 0. The number of aliphatic hydroxyl groups is 1. The summed E-state index contributed by atoms with van der Waals surface area (Å²) in [6.45, 7) is 9.67. The molecule has 5 rings (SSSR count). The van der Waals surface area contributed by atoms with Crippen LogP contribution in [-0.2, 0) is 25.5 Å². The Balaban J connectivity index is 1.60. The minimum atomic E-state index is -0.899. The van der Waals surface area contributed by atoms with Gasteiger partial charge < -0.3 is 19.6 Å². The summed E-state index contributed by atoms with van der Waals surface area (Å²) in [5, 5.41) is 11.2. The highest BCUT2D eigenvalue weighted by Gasteiger charge is 2.78. The van der Waals surface area contributed by atoms with E-state index in [1.165, 1.54) is 0 Å². The van der Waals surface area contributed by atoms with Gasteiger partial charge in [0.2, 0.25) is 5.91 Å². The van der Waals surface area contributed by atoms with Gasteiger partial charge in [-0.1, -0.05) is 54.1 Å². The minimum absolute atomic E-state index is 0.191. The molecule has 3 heterocycles. The van der Waals surface area contributed by atoms with Gasteiger partial charge in [0.25, 0.3) is 5.91 Å². The van der Waals surface area contributed by atoms with Crippen molar-refractivity contribution in [3.63, 3.8) is 0 Å². The van der Waals surface area contributed by atoms with Crippen LogP contribution in [-0.4, -0.2) is 69.1 Å². The molecule has 1 spiro atoms. The number of benzene rings is 2. The first kappa shape index (κ1) is 30.4. The number of anilines is 1. The third-order valence-electron chi connectivity index (χ3n) is 8.90. The van der Waals surface area contributed by atoms with Crippen molar-refractivity contribution in [2.24, 2.45) is 11.8 Å². The molecule has 0 radical (unpaired) electrons. The van der Waals surface area contributed by atoms with Gasteiger partial charge in [-0.2, -0.15) is 0 Å². The zero-order chi connectivity index (χ0) is 30.1. The van der Waals surface area contributed by atoms with Crippen molar-refractivity contribution in [2.45, 2.75) is 54.2 Å². The van der Waals surface area contributed by atoms with E-state index in [-0.39, 0.29) is 31.6 Å². The van der Waals surface area contributed by atoms with Gasteiger partial charge in [-0.15, -0.1) is 24.9 Å². The molecule has 0 aromatic heterocycles. The molecule has 2 unspecified atom stereocenters. The smallest absolute Gasteiger partial charge is 0.311 e. The molecule has 3 aliphatic heterocycles. The van der Waals surface area contributed by atoms with E-state index in [1.807, 2.05) is 37.3 Å².